The van der Waals surface area contributed by atoms with Gasteiger partial charge in [-0.3, -0.25) is 0 Å². The molecule has 1 aliphatic carbocycles. The molecular weight excluding hydrogens is 286 g/mol. The summed E-state index contributed by atoms with van der Waals surface area (Å²) in [7, 11) is -1.76. The third-order valence-electron chi connectivity index (χ3n) is 4.59. The van der Waals surface area contributed by atoms with Gasteiger partial charge in [0.05, 0.1) is 4.90 Å². The monoisotopic (exact) mass is 311 g/mol. The maximum Gasteiger partial charge on any atom is 0.243 e. The SMILES string of the molecule is Cc1ccc(C)c(S(=O)(=O)N(C)C2CCC(CO)CC2)c1. The summed E-state index contributed by atoms with van der Waals surface area (Å²) in [6, 6.07) is 5.58. The van der Waals surface area contributed by atoms with E-state index in [2.05, 4.69) is 0 Å². The maximum atomic E-state index is 12.8. The molecule has 118 valence electrons. The second-order valence-electron chi connectivity index (χ2n) is 6.15. The largest absolute Gasteiger partial charge is 0.396 e. The Morgan fingerprint density at radius 1 is 1.19 bits per heavy atom. The first-order valence-corrected chi connectivity index (χ1v) is 8.96. The van der Waals surface area contributed by atoms with Crippen LogP contribution in [-0.4, -0.2) is 37.5 Å². The molecule has 1 aromatic carbocycles. The fourth-order valence-electron chi connectivity index (χ4n) is 3.03. The molecule has 21 heavy (non-hydrogen) atoms. The lowest BCUT2D eigenvalue weighted by Gasteiger charge is -2.33. The maximum absolute atomic E-state index is 12.8. The van der Waals surface area contributed by atoms with Crippen LogP contribution in [0.1, 0.15) is 36.8 Å². The number of aryl methyl sites for hydroxylation is 2. The molecule has 0 aliphatic heterocycles. The van der Waals surface area contributed by atoms with Crippen LogP contribution in [0.25, 0.3) is 0 Å². The van der Waals surface area contributed by atoms with Gasteiger partial charge in [0.2, 0.25) is 10.0 Å². The summed E-state index contributed by atoms with van der Waals surface area (Å²) in [5.74, 6) is 0.332. The molecule has 0 aromatic heterocycles. The first-order valence-electron chi connectivity index (χ1n) is 7.52. The molecule has 1 fully saturated rings. The van der Waals surface area contributed by atoms with Crippen molar-refractivity contribution >= 4 is 10.0 Å². The van der Waals surface area contributed by atoms with E-state index in [1.807, 2.05) is 26.0 Å². The average Bonchev–Trinajstić information content (AvgIpc) is 2.49. The summed E-state index contributed by atoms with van der Waals surface area (Å²) in [4.78, 5) is 0.411. The van der Waals surface area contributed by atoms with E-state index in [1.165, 1.54) is 4.31 Å². The van der Waals surface area contributed by atoms with E-state index < -0.39 is 10.0 Å². The molecule has 0 heterocycles. The number of rotatable bonds is 4. The summed E-state index contributed by atoms with van der Waals surface area (Å²) in [5.41, 5.74) is 1.74. The Morgan fingerprint density at radius 3 is 2.38 bits per heavy atom. The number of aliphatic hydroxyl groups excluding tert-OH is 1. The zero-order valence-corrected chi connectivity index (χ0v) is 13.9. The molecular formula is C16H25NO3S. The van der Waals surface area contributed by atoms with E-state index in [-0.39, 0.29) is 12.6 Å². The van der Waals surface area contributed by atoms with Crippen molar-refractivity contribution in [2.24, 2.45) is 5.92 Å². The van der Waals surface area contributed by atoms with Crippen molar-refractivity contribution in [1.29, 1.82) is 0 Å². The van der Waals surface area contributed by atoms with Gasteiger partial charge in [-0.1, -0.05) is 12.1 Å². The lowest BCUT2D eigenvalue weighted by molar-refractivity contribution is 0.159. The molecule has 4 nitrogen and oxygen atoms in total. The molecule has 1 aliphatic rings. The van der Waals surface area contributed by atoms with E-state index in [0.717, 1.165) is 36.8 Å². The molecule has 0 unspecified atom stereocenters. The number of aliphatic hydroxyl groups is 1. The Morgan fingerprint density at radius 2 is 1.81 bits per heavy atom. The highest BCUT2D eigenvalue weighted by Crippen LogP contribution is 2.30. The van der Waals surface area contributed by atoms with Gasteiger partial charge in [-0.25, -0.2) is 8.42 Å². The summed E-state index contributed by atoms with van der Waals surface area (Å²) in [6.07, 6.45) is 3.44. The molecule has 0 saturated heterocycles. The summed E-state index contributed by atoms with van der Waals surface area (Å²) in [6.45, 7) is 3.95. The highest BCUT2D eigenvalue weighted by atomic mass is 32.2. The van der Waals surface area contributed by atoms with Crippen molar-refractivity contribution in [2.75, 3.05) is 13.7 Å². The Balaban J connectivity index is 2.21. The third-order valence-corrected chi connectivity index (χ3v) is 6.64. The van der Waals surface area contributed by atoms with Crippen molar-refractivity contribution < 1.29 is 13.5 Å². The smallest absolute Gasteiger partial charge is 0.243 e. The second-order valence-corrected chi connectivity index (χ2v) is 8.11. The predicted octanol–water partition coefficient (Wildman–Crippen LogP) is 2.48. The molecule has 0 bridgehead atoms. The number of hydrogen-bond donors (Lipinski definition) is 1. The van der Waals surface area contributed by atoms with Crippen molar-refractivity contribution in [2.45, 2.75) is 50.5 Å². The first kappa shape index (κ1) is 16.5. The number of hydrogen-bond acceptors (Lipinski definition) is 3. The minimum Gasteiger partial charge on any atom is -0.396 e. The molecule has 0 radical (unpaired) electrons. The summed E-state index contributed by atoms with van der Waals surface area (Å²) >= 11 is 0. The van der Waals surface area contributed by atoms with Gasteiger partial charge in [-0.2, -0.15) is 4.31 Å². The fourth-order valence-corrected chi connectivity index (χ4v) is 4.75. The van der Waals surface area contributed by atoms with Gasteiger partial charge in [0.25, 0.3) is 0 Å². The van der Waals surface area contributed by atoms with Crippen LogP contribution in [-0.2, 0) is 10.0 Å². The van der Waals surface area contributed by atoms with Crippen LogP contribution in [0.4, 0.5) is 0 Å². The molecule has 5 heteroatoms. The average molecular weight is 311 g/mol. The molecule has 0 spiro atoms. The lowest BCUT2D eigenvalue weighted by Crippen LogP contribution is -2.40. The van der Waals surface area contributed by atoms with E-state index >= 15 is 0 Å². The third kappa shape index (κ3) is 3.47. The van der Waals surface area contributed by atoms with Crippen LogP contribution in [0.15, 0.2) is 23.1 Å². The molecule has 1 aromatic rings. The highest BCUT2D eigenvalue weighted by Gasteiger charge is 2.32. The Bertz CT molecular complexity index is 590. The topological polar surface area (TPSA) is 57.6 Å². The van der Waals surface area contributed by atoms with Crippen molar-refractivity contribution in [1.82, 2.24) is 4.31 Å². The van der Waals surface area contributed by atoms with E-state index in [1.54, 1.807) is 13.1 Å². The molecule has 0 amide bonds. The van der Waals surface area contributed by atoms with Gasteiger partial charge >= 0.3 is 0 Å². The zero-order valence-electron chi connectivity index (χ0n) is 13.0. The van der Waals surface area contributed by atoms with Gasteiger partial charge in [0.1, 0.15) is 0 Å². The van der Waals surface area contributed by atoms with Gasteiger partial charge in [-0.05, 0) is 62.6 Å². The molecule has 1 saturated carbocycles. The second kappa shape index (κ2) is 6.46. The molecule has 2 rings (SSSR count). The Labute approximate surface area is 127 Å². The van der Waals surface area contributed by atoms with Crippen molar-refractivity contribution in [3.8, 4) is 0 Å². The summed E-state index contributed by atoms with van der Waals surface area (Å²) < 4.78 is 27.2. The normalized spacial score (nSPS) is 23.5. The number of benzene rings is 1. The number of sulfonamides is 1. The van der Waals surface area contributed by atoms with Crippen LogP contribution in [0, 0.1) is 19.8 Å². The van der Waals surface area contributed by atoms with Crippen LogP contribution >= 0.6 is 0 Å². The highest BCUT2D eigenvalue weighted by molar-refractivity contribution is 7.89. The van der Waals surface area contributed by atoms with Crippen LogP contribution in [0.5, 0.6) is 0 Å². The van der Waals surface area contributed by atoms with Crippen molar-refractivity contribution in [3.05, 3.63) is 29.3 Å². The zero-order chi connectivity index (χ0) is 15.6. The summed E-state index contributed by atoms with van der Waals surface area (Å²) in [5, 5.41) is 9.19. The fraction of sp³-hybridized carbons (Fsp3) is 0.625. The minimum atomic E-state index is -3.45. The van der Waals surface area contributed by atoms with Crippen LogP contribution in [0.3, 0.4) is 0 Å². The van der Waals surface area contributed by atoms with Gasteiger partial charge in [0.15, 0.2) is 0 Å². The molecule has 0 atom stereocenters. The van der Waals surface area contributed by atoms with E-state index in [9.17, 15) is 13.5 Å². The van der Waals surface area contributed by atoms with Gasteiger partial charge in [-0.15, -0.1) is 0 Å². The van der Waals surface area contributed by atoms with Crippen LogP contribution < -0.4 is 0 Å². The quantitative estimate of drug-likeness (QED) is 0.929. The molecule has 1 N–H and O–H groups in total. The number of nitrogens with zero attached hydrogens (tertiary/aromatic N) is 1. The van der Waals surface area contributed by atoms with E-state index in [0.29, 0.717) is 10.8 Å². The standard InChI is InChI=1S/C16H25NO3S/c1-12-4-5-13(2)16(10-12)21(19,20)17(3)15-8-6-14(11-18)7-9-15/h4-5,10,14-15,18H,6-9,11H2,1-3H3. The predicted molar refractivity (Wildman–Crippen MR) is 83.7 cm³/mol. The lowest BCUT2D eigenvalue weighted by atomic mass is 9.87. The van der Waals surface area contributed by atoms with E-state index in [4.69, 9.17) is 0 Å². The Kier molecular flexibility index (Phi) is 5.07. The first-order chi connectivity index (χ1) is 9.86. The van der Waals surface area contributed by atoms with Gasteiger partial charge in [0, 0.05) is 19.7 Å². The minimum absolute atomic E-state index is 0.0395. The van der Waals surface area contributed by atoms with Crippen LogP contribution in [0.2, 0.25) is 0 Å². The Hall–Kier alpha value is -0.910. The van der Waals surface area contributed by atoms with Gasteiger partial charge < -0.3 is 5.11 Å². The van der Waals surface area contributed by atoms with Crippen molar-refractivity contribution in [3.63, 3.8) is 0 Å².